The number of benzene rings is 3. The first-order valence-electron chi connectivity index (χ1n) is 13.9. The Morgan fingerprint density at radius 1 is 1.05 bits per heavy atom. The summed E-state index contributed by atoms with van der Waals surface area (Å²) in [4.78, 5) is 30.3. The highest BCUT2D eigenvalue weighted by atomic mass is 16.7. The van der Waals surface area contributed by atoms with Crippen molar-refractivity contribution in [3.05, 3.63) is 83.4 Å². The molecule has 0 spiro atoms. The number of hydrogen-bond acceptors (Lipinski definition) is 7. The number of hydrogen-bond donors (Lipinski definition) is 2. The van der Waals surface area contributed by atoms with Gasteiger partial charge in [0, 0.05) is 31.2 Å². The highest BCUT2D eigenvalue weighted by Crippen LogP contribution is 2.33. The summed E-state index contributed by atoms with van der Waals surface area (Å²) >= 11 is 0. The summed E-state index contributed by atoms with van der Waals surface area (Å²) in [5.74, 6) is 1.54. The van der Waals surface area contributed by atoms with Gasteiger partial charge in [0.1, 0.15) is 11.9 Å². The largest absolute Gasteiger partial charge is 0.488 e. The number of carbonyl (C=O) groups excluding carboxylic acids is 2. The van der Waals surface area contributed by atoms with Gasteiger partial charge in [0.15, 0.2) is 11.5 Å². The quantitative estimate of drug-likeness (QED) is 0.410. The Hall–Kier alpha value is -4.08. The lowest BCUT2D eigenvalue weighted by atomic mass is 9.99. The van der Waals surface area contributed by atoms with Crippen molar-refractivity contribution >= 4 is 17.5 Å². The van der Waals surface area contributed by atoms with E-state index in [1.807, 2.05) is 62.5 Å². The summed E-state index contributed by atoms with van der Waals surface area (Å²) in [6, 6.07) is 20.2. The lowest BCUT2D eigenvalue weighted by molar-refractivity contribution is -0.115. The molecule has 2 heterocycles. The van der Waals surface area contributed by atoms with Crippen LogP contribution in [0.2, 0.25) is 0 Å². The molecule has 0 unspecified atom stereocenters. The molecule has 9 nitrogen and oxygen atoms in total. The predicted molar refractivity (Wildman–Crippen MR) is 155 cm³/mol. The van der Waals surface area contributed by atoms with Crippen LogP contribution in [-0.2, 0) is 17.8 Å². The molecule has 3 aromatic carbocycles. The zero-order valence-corrected chi connectivity index (χ0v) is 23.7. The van der Waals surface area contributed by atoms with E-state index in [9.17, 15) is 14.7 Å². The monoisotopic (exact) mass is 559 g/mol. The molecule has 3 atom stereocenters. The number of amides is 2. The lowest BCUT2D eigenvalue weighted by Gasteiger charge is -2.38. The van der Waals surface area contributed by atoms with Gasteiger partial charge in [-0.2, -0.15) is 0 Å². The van der Waals surface area contributed by atoms with Crippen molar-refractivity contribution in [3.63, 3.8) is 0 Å². The van der Waals surface area contributed by atoms with Gasteiger partial charge in [-0.1, -0.05) is 43.3 Å². The Balaban J connectivity index is 1.35. The van der Waals surface area contributed by atoms with E-state index in [1.165, 1.54) is 0 Å². The minimum Gasteiger partial charge on any atom is -0.488 e. The molecule has 2 aliphatic heterocycles. The molecule has 5 rings (SSSR count). The first-order valence-corrected chi connectivity index (χ1v) is 13.9. The van der Waals surface area contributed by atoms with Gasteiger partial charge in [0.2, 0.25) is 12.7 Å². The van der Waals surface area contributed by atoms with Crippen LogP contribution in [0.25, 0.3) is 0 Å². The molecular weight excluding hydrogens is 522 g/mol. The molecule has 41 heavy (non-hydrogen) atoms. The Morgan fingerprint density at radius 3 is 2.59 bits per heavy atom. The maximum absolute atomic E-state index is 13.7. The molecule has 0 saturated carbocycles. The van der Waals surface area contributed by atoms with Crippen molar-refractivity contribution in [2.24, 2.45) is 5.92 Å². The fraction of sp³-hybridized carbons (Fsp3) is 0.375. The molecule has 2 N–H and O–H groups in total. The van der Waals surface area contributed by atoms with Crippen LogP contribution in [-0.4, -0.2) is 72.4 Å². The number of ether oxygens (including phenoxy) is 3. The van der Waals surface area contributed by atoms with Gasteiger partial charge in [-0.05, 0) is 55.4 Å². The third-order valence-corrected chi connectivity index (χ3v) is 7.54. The van der Waals surface area contributed by atoms with Crippen LogP contribution >= 0.6 is 0 Å². The van der Waals surface area contributed by atoms with Crippen LogP contribution in [0.1, 0.15) is 35.3 Å². The summed E-state index contributed by atoms with van der Waals surface area (Å²) in [6.45, 7) is 5.69. The standard InChI is InChI=1S/C32H37N3O6/c1-21-16-35(22(2)19-36)32(38)26-15-25(33-31(37)14-23-7-5-4-6-8-23)10-12-27(26)41-30(21)18-34(3)17-24-9-11-28-29(13-24)40-20-39-28/h4-13,15,21-22,30,36H,14,16-20H2,1-3H3,(H,33,37)/t21-,22-,30-/m0/s1. The molecule has 0 bridgehead atoms. The fourth-order valence-corrected chi connectivity index (χ4v) is 5.23. The molecule has 0 fully saturated rings. The molecule has 0 aliphatic carbocycles. The molecule has 9 heteroatoms. The second-order valence-corrected chi connectivity index (χ2v) is 10.9. The van der Waals surface area contributed by atoms with Crippen LogP contribution in [0.5, 0.6) is 17.2 Å². The second-order valence-electron chi connectivity index (χ2n) is 10.9. The molecule has 3 aromatic rings. The van der Waals surface area contributed by atoms with E-state index in [0.717, 1.165) is 22.6 Å². The second kappa shape index (κ2) is 12.6. The molecule has 2 amide bonds. The first-order chi connectivity index (χ1) is 19.8. The van der Waals surface area contributed by atoms with E-state index >= 15 is 0 Å². The zero-order valence-electron chi connectivity index (χ0n) is 23.7. The number of rotatable bonds is 9. The highest BCUT2D eigenvalue weighted by molar-refractivity contribution is 6.00. The van der Waals surface area contributed by atoms with E-state index in [1.54, 1.807) is 23.1 Å². The number of anilines is 1. The summed E-state index contributed by atoms with van der Waals surface area (Å²) < 4.78 is 17.5. The smallest absolute Gasteiger partial charge is 0.258 e. The summed E-state index contributed by atoms with van der Waals surface area (Å²) in [7, 11) is 2.03. The van der Waals surface area contributed by atoms with Gasteiger partial charge in [-0.3, -0.25) is 14.5 Å². The molecule has 0 radical (unpaired) electrons. The average Bonchev–Trinajstić information content (AvgIpc) is 3.43. The number of fused-ring (bicyclic) bond motifs is 2. The maximum atomic E-state index is 13.7. The van der Waals surface area contributed by atoms with E-state index < -0.39 is 0 Å². The van der Waals surface area contributed by atoms with Gasteiger partial charge >= 0.3 is 0 Å². The van der Waals surface area contributed by atoms with Crippen LogP contribution in [0.15, 0.2) is 66.7 Å². The third-order valence-electron chi connectivity index (χ3n) is 7.54. The SMILES string of the molecule is C[C@H]1CN([C@@H](C)CO)C(=O)c2cc(NC(=O)Cc3ccccc3)ccc2O[C@H]1CN(C)Cc1ccc2c(c1)OCO2. The van der Waals surface area contributed by atoms with Crippen LogP contribution < -0.4 is 19.5 Å². The molecular formula is C32H37N3O6. The van der Waals surface area contributed by atoms with Crippen molar-refractivity contribution in [1.82, 2.24) is 9.80 Å². The highest BCUT2D eigenvalue weighted by Gasteiger charge is 2.33. The Kier molecular flexibility index (Phi) is 8.75. The Morgan fingerprint density at radius 2 is 1.80 bits per heavy atom. The number of nitrogens with one attached hydrogen (secondary N) is 1. The summed E-state index contributed by atoms with van der Waals surface area (Å²) in [5, 5.41) is 12.9. The molecule has 0 aromatic heterocycles. The number of aliphatic hydroxyl groups excluding tert-OH is 1. The normalized spacial score (nSPS) is 18.8. The molecule has 0 saturated heterocycles. The lowest BCUT2D eigenvalue weighted by Crippen LogP contribution is -2.49. The minimum absolute atomic E-state index is 0.00874. The van der Waals surface area contributed by atoms with Crippen molar-refractivity contribution in [1.29, 1.82) is 0 Å². The van der Waals surface area contributed by atoms with E-state index in [-0.39, 0.29) is 49.7 Å². The van der Waals surface area contributed by atoms with Crippen molar-refractivity contribution in [2.45, 2.75) is 39.0 Å². The van der Waals surface area contributed by atoms with Crippen molar-refractivity contribution in [3.8, 4) is 17.2 Å². The zero-order chi connectivity index (χ0) is 28.9. The van der Waals surface area contributed by atoms with Crippen LogP contribution in [0.4, 0.5) is 5.69 Å². The van der Waals surface area contributed by atoms with Crippen LogP contribution in [0, 0.1) is 5.92 Å². The van der Waals surface area contributed by atoms with Crippen molar-refractivity contribution in [2.75, 3.05) is 38.9 Å². The van der Waals surface area contributed by atoms with E-state index in [2.05, 4.69) is 17.1 Å². The fourth-order valence-electron chi connectivity index (χ4n) is 5.23. The van der Waals surface area contributed by atoms with E-state index in [0.29, 0.717) is 36.6 Å². The van der Waals surface area contributed by atoms with Gasteiger partial charge in [-0.15, -0.1) is 0 Å². The Bertz CT molecular complexity index is 1380. The average molecular weight is 560 g/mol. The predicted octanol–water partition coefficient (Wildman–Crippen LogP) is 3.95. The summed E-state index contributed by atoms with van der Waals surface area (Å²) in [5.41, 5.74) is 2.87. The number of likely N-dealkylation sites (N-methyl/N-ethyl adjacent to an activating group) is 1. The van der Waals surface area contributed by atoms with Gasteiger partial charge in [0.25, 0.3) is 5.91 Å². The number of nitrogens with zero attached hydrogens (tertiary/aromatic N) is 2. The topological polar surface area (TPSA) is 101 Å². The van der Waals surface area contributed by atoms with Crippen molar-refractivity contribution < 1.29 is 28.9 Å². The molecule has 216 valence electrons. The maximum Gasteiger partial charge on any atom is 0.258 e. The van der Waals surface area contributed by atoms with Gasteiger partial charge in [-0.25, -0.2) is 0 Å². The van der Waals surface area contributed by atoms with Crippen LogP contribution in [0.3, 0.4) is 0 Å². The molecule has 2 aliphatic rings. The number of carbonyl (C=O) groups is 2. The van der Waals surface area contributed by atoms with Gasteiger partial charge in [0.05, 0.1) is 24.6 Å². The summed E-state index contributed by atoms with van der Waals surface area (Å²) in [6.07, 6.45) is -0.00140. The number of aliphatic hydroxyl groups is 1. The minimum atomic E-state index is -0.376. The van der Waals surface area contributed by atoms with E-state index in [4.69, 9.17) is 14.2 Å². The third kappa shape index (κ3) is 6.81. The Labute approximate surface area is 240 Å². The van der Waals surface area contributed by atoms with Gasteiger partial charge < -0.3 is 29.5 Å². The first kappa shape index (κ1) is 28.4.